The van der Waals surface area contributed by atoms with E-state index < -0.39 is 0 Å². The molecule has 29 heavy (non-hydrogen) atoms. The van der Waals surface area contributed by atoms with E-state index in [2.05, 4.69) is 73.2 Å². The first kappa shape index (κ1) is 25.8. The van der Waals surface area contributed by atoms with Crippen LogP contribution < -0.4 is 10.6 Å². The van der Waals surface area contributed by atoms with Gasteiger partial charge >= 0.3 is 0 Å². The zero-order valence-corrected chi connectivity index (χ0v) is 20.3. The molecule has 0 bridgehead atoms. The Hall–Kier alpha value is -1.28. The molecule has 168 valence electrons. The molecule has 0 spiro atoms. The van der Waals surface area contributed by atoms with E-state index in [0.29, 0.717) is 11.8 Å². The lowest BCUT2D eigenvalue weighted by molar-refractivity contribution is 0.0258. The van der Waals surface area contributed by atoms with Crippen LogP contribution in [-0.4, -0.2) is 59.3 Å². The molecule has 1 aromatic heterocycles. The van der Waals surface area contributed by atoms with Crippen LogP contribution in [0.3, 0.4) is 0 Å². The van der Waals surface area contributed by atoms with Gasteiger partial charge in [-0.3, -0.25) is 4.99 Å². The quantitative estimate of drug-likeness (QED) is 0.205. The van der Waals surface area contributed by atoms with Crippen LogP contribution in [0.1, 0.15) is 60.2 Å². The topological polar surface area (TPSA) is 76.4 Å². The largest absolute Gasteiger partial charge is 0.378 e. The minimum atomic E-state index is 0.285. The van der Waals surface area contributed by atoms with Gasteiger partial charge in [-0.05, 0) is 44.8 Å². The number of thioether (sulfide) groups is 1. The first-order chi connectivity index (χ1) is 13.9. The smallest absolute Gasteiger partial charge is 0.191 e. The zero-order valence-electron chi connectivity index (χ0n) is 19.5. The maximum Gasteiger partial charge on any atom is 0.191 e. The normalized spacial score (nSPS) is 13.3. The number of ether oxygens (including phenoxy) is 1. The van der Waals surface area contributed by atoms with Crippen LogP contribution >= 0.6 is 11.8 Å². The lowest BCUT2D eigenvalue weighted by Gasteiger charge is -2.21. The van der Waals surface area contributed by atoms with E-state index in [1.54, 1.807) is 11.8 Å². The zero-order chi connectivity index (χ0) is 21.6. The minimum Gasteiger partial charge on any atom is -0.378 e. The molecule has 0 saturated heterocycles. The summed E-state index contributed by atoms with van der Waals surface area (Å²) in [4.78, 5) is 4.72. The molecule has 1 rings (SSSR count). The van der Waals surface area contributed by atoms with Gasteiger partial charge in [-0.2, -0.15) is 0 Å². The highest BCUT2D eigenvalue weighted by Gasteiger charge is 2.14. The van der Waals surface area contributed by atoms with E-state index in [-0.39, 0.29) is 6.10 Å². The molecule has 0 aliphatic heterocycles. The average Bonchev–Trinajstić information content (AvgIpc) is 3.05. The number of aliphatic imine (C=N–C) groups is 1. The summed E-state index contributed by atoms with van der Waals surface area (Å²) >= 11 is 1.66. The Morgan fingerprint density at radius 1 is 1.17 bits per heavy atom. The van der Waals surface area contributed by atoms with Crippen LogP contribution in [0.2, 0.25) is 0 Å². The molecule has 0 radical (unpaired) electrons. The second-order valence-corrected chi connectivity index (χ2v) is 8.70. The Balaban J connectivity index is 2.53. The van der Waals surface area contributed by atoms with Gasteiger partial charge in [-0.15, -0.1) is 10.2 Å². The monoisotopic (exact) mass is 426 g/mol. The van der Waals surface area contributed by atoms with Gasteiger partial charge in [0.25, 0.3) is 0 Å². The molecular weight excluding hydrogens is 384 g/mol. The summed E-state index contributed by atoms with van der Waals surface area (Å²) in [6.07, 6.45) is 5.16. The third-order valence-corrected chi connectivity index (χ3v) is 5.21. The molecular formula is C21H42N6OS. The minimum absolute atomic E-state index is 0.285. The van der Waals surface area contributed by atoms with Gasteiger partial charge in [0, 0.05) is 39.2 Å². The molecule has 0 aliphatic rings. The van der Waals surface area contributed by atoms with E-state index in [4.69, 9.17) is 9.73 Å². The average molecular weight is 427 g/mol. The maximum absolute atomic E-state index is 5.83. The summed E-state index contributed by atoms with van der Waals surface area (Å²) < 4.78 is 8.08. The molecule has 0 aliphatic carbocycles. The fourth-order valence-corrected chi connectivity index (χ4v) is 3.65. The van der Waals surface area contributed by atoms with Crippen molar-refractivity contribution in [3.63, 3.8) is 0 Å². The van der Waals surface area contributed by atoms with Crippen LogP contribution in [0.5, 0.6) is 0 Å². The first-order valence-electron chi connectivity index (χ1n) is 11.0. The highest BCUT2D eigenvalue weighted by atomic mass is 32.2. The molecule has 1 unspecified atom stereocenters. The number of hydrogen-bond donors (Lipinski definition) is 2. The summed E-state index contributed by atoms with van der Waals surface area (Å²) in [5.74, 6) is 3.03. The molecule has 0 aromatic carbocycles. The molecule has 1 heterocycles. The predicted molar refractivity (Wildman–Crippen MR) is 124 cm³/mol. The number of aryl methyl sites for hydroxylation is 1. The Morgan fingerprint density at radius 2 is 1.93 bits per heavy atom. The first-order valence-corrected chi connectivity index (χ1v) is 12.2. The van der Waals surface area contributed by atoms with Gasteiger partial charge in [0.15, 0.2) is 11.1 Å². The summed E-state index contributed by atoms with van der Waals surface area (Å²) in [6, 6.07) is 0. The third kappa shape index (κ3) is 9.85. The summed E-state index contributed by atoms with van der Waals surface area (Å²) in [5, 5.41) is 16.5. The summed E-state index contributed by atoms with van der Waals surface area (Å²) in [5.41, 5.74) is 0. The van der Waals surface area contributed by atoms with Crippen LogP contribution in [0, 0.1) is 11.8 Å². The van der Waals surface area contributed by atoms with E-state index in [1.807, 2.05) is 0 Å². The number of hydrogen-bond acceptors (Lipinski definition) is 5. The molecule has 0 fully saturated rings. The lowest BCUT2D eigenvalue weighted by Crippen LogP contribution is -2.39. The number of nitrogens with zero attached hydrogens (tertiary/aromatic N) is 4. The molecule has 8 heteroatoms. The van der Waals surface area contributed by atoms with E-state index in [9.17, 15) is 0 Å². The van der Waals surface area contributed by atoms with Crippen LogP contribution in [0.15, 0.2) is 10.1 Å². The van der Waals surface area contributed by atoms with Gasteiger partial charge in [-0.25, -0.2) is 0 Å². The Morgan fingerprint density at radius 3 is 2.52 bits per heavy atom. The van der Waals surface area contributed by atoms with E-state index in [1.165, 1.54) is 0 Å². The third-order valence-electron chi connectivity index (χ3n) is 4.54. The van der Waals surface area contributed by atoms with Gasteiger partial charge in [0.2, 0.25) is 0 Å². The van der Waals surface area contributed by atoms with Crippen molar-refractivity contribution in [1.29, 1.82) is 0 Å². The standard InChI is InChI=1S/C21H42N6OS/c1-8-22-20(24-14-12-18(17(5)6)28-9-2)23-13-10-11-19-25-26-21(29-7)27(19)15-16(3)4/h16-18H,8-15H2,1-7H3,(H2,22,23,24). The highest BCUT2D eigenvalue weighted by Crippen LogP contribution is 2.16. The number of guanidine groups is 1. The SMILES string of the molecule is CCNC(=NCCCc1nnc(SC)n1CC(C)C)NCCC(OCC)C(C)C. The maximum atomic E-state index is 5.83. The summed E-state index contributed by atoms with van der Waals surface area (Å²) in [7, 11) is 0. The van der Waals surface area contributed by atoms with Gasteiger partial charge in [0.05, 0.1) is 6.10 Å². The Labute approximate surface area is 181 Å². The Kier molecular flexibility index (Phi) is 13.0. The number of nitrogens with one attached hydrogen (secondary N) is 2. The second-order valence-electron chi connectivity index (χ2n) is 7.92. The van der Waals surface area contributed by atoms with E-state index >= 15 is 0 Å². The predicted octanol–water partition coefficient (Wildman–Crippen LogP) is 3.59. The highest BCUT2D eigenvalue weighted by molar-refractivity contribution is 7.98. The molecule has 1 aromatic rings. The molecule has 2 N–H and O–H groups in total. The lowest BCUT2D eigenvalue weighted by atomic mass is 10.0. The van der Waals surface area contributed by atoms with Crippen molar-refractivity contribution in [1.82, 2.24) is 25.4 Å². The van der Waals surface area contributed by atoms with Crippen molar-refractivity contribution in [3.8, 4) is 0 Å². The molecule has 1 atom stereocenters. The van der Waals surface area contributed by atoms with Gasteiger partial charge in [0.1, 0.15) is 5.82 Å². The van der Waals surface area contributed by atoms with E-state index in [0.717, 1.165) is 69.0 Å². The van der Waals surface area contributed by atoms with Crippen molar-refractivity contribution < 1.29 is 4.74 Å². The van der Waals surface area contributed by atoms with Crippen LogP contribution in [0.4, 0.5) is 0 Å². The van der Waals surface area contributed by atoms with Crippen LogP contribution in [-0.2, 0) is 17.7 Å². The number of rotatable bonds is 14. The van der Waals surface area contributed by atoms with Crippen molar-refractivity contribution >= 4 is 17.7 Å². The number of aromatic nitrogens is 3. The van der Waals surface area contributed by atoms with Crippen molar-refractivity contribution in [2.75, 3.05) is 32.5 Å². The van der Waals surface area contributed by atoms with Crippen molar-refractivity contribution in [2.45, 2.75) is 78.6 Å². The molecule has 0 amide bonds. The Bertz CT molecular complexity index is 588. The fraction of sp³-hybridized carbons (Fsp3) is 0.857. The van der Waals surface area contributed by atoms with Gasteiger partial charge in [-0.1, -0.05) is 39.5 Å². The molecule has 0 saturated carbocycles. The fourth-order valence-electron chi connectivity index (χ4n) is 3.13. The second kappa shape index (κ2) is 14.7. The van der Waals surface area contributed by atoms with Crippen molar-refractivity contribution in [2.24, 2.45) is 16.8 Å². The molecule has 7 nitrogen and oxygen atoms in total. The summed E-state index contributed by atoms with van der Waals surface area (Å²) in [6.45, 7) is 17.2. The van der Waals surface area contributed by atoms with Gasteiger partial charge < -0.3 is 19.9 Å². The van der Waals surface area contributed by atoms with Crippen LogP contribution in [0.25, 0.3) is 0 Å². The van der Waals surface area contributed by atoms with Crippen molar-refractivity contribution in [3.05, 3.63) is 5.82 Å².